The maximum atomic E-state index is 11.6. The molecule has 1 aliphatic rings. The molecule has 0 bridgehead atoms. The van der Waals surface area contributed by atoms with Crippen LogP contribution in [0.5, 0.6) is 0 Å². The van der Waals surface area contributed by atoms with Crippen LogP contribution >= 0.6 is 0 Å². The molecule has 1 fully saturated rings. The Morgan fingerprint density at radius 3 is 2.68 bits per heavy atom. The third kappa shape index (κ3) is 3.41. The van der Waals surface area contributed by atoms with Gasteiger partial charge in [0.2, 0.25) is 0 Å². The quantitative estimate of drug-likeness (QED) is 0.836. The van der Waals surface area contributed by atoms with E-state index in [1.54, 1.807) is 12.1 Å². The molecule has 0 heterocycles. The van der Waals surface area contributed by atoms with Crippen LogP contribution in [0.1, 0.15) is 32.6 Å². The van der Waals surface area contributed by atoms with Crippen LogP contribution in [0.3, 0.4) is 0 Å². The minimum Gasteiger partial charge on any atom is -0.396 e. The second-order valence-electron chi connectivity index (χ2n) is 5.60. The third-order valence-corrected chi connectivity index (χ3v) is 4.92. The molecule has 1 aromatic carbocycles. The van der Waals surface area contributed by atoms with Gasteiger partial charge >= 0.3 is 0 Å². The van der Waals surface area contributed by atoms with E-state index in [2.05, 4.69) is 12.2 Å². The number of hydrogen-bond donors (Lipinski definition) is 2. The molecule has 1 aromatic rings. The van der Waals surface area contributed by atoms with E-state index in [-0.39, 0.29) is 4.90 Å². The van der Waals surface area contributed by atoms with Crippen molar-refractivity contribution in [3.05, 3.63) is 18.2 Å². The lowest BCUT2D eigenvalue weighted by Gasteiger charge is -2.29. The highest BCUT2D eigenvalue weighted by molar-refractivity contribution is 7.90. The maximum absolute atomic E-state index is 11.6. The summed E-state index contributed by atoms with van der Waals surface area (Å²) in [5.41, 5.74) is 7.05. The molecule has 5 heteroatoms. The van der Waals surface area contributed by atoms with Crippen LogP contribution in [-0.2, 0) is 9.84 Å². The van der Waals surface area contributed by atoms with Crippen molar-refractivity contribution in [2.75, 3.05) is 17.3 Å². The van der Waals surface area contributed by atoms with E-state index in [1.165, 1.54) is 19.1 Å². The number of para-hydroxylation sites is 1. The Balaban J connectivity index is 2.21. The molecular weight excluding hydrogens is 260 g/mol. The average Bonchev–Trinajstić information content (AvgIpc) is 2.30. The predicted molar refractivity (Wildman–Crippen MR) is 79.0 cm³/mol. The standard InChI is InChI=1S/C14H22N2O2S/c1-10-5-3-6-11(9-10)16-12-7-4-8-13(14(12)15)19(2,17)18/h4,7-8,10-11,16H,3,5-6,9,15H2,1-2H3. The SMILES string of the molecule is CC1CCCC(Nc2cccc(S(C)(=O)=O)c2N)C1. The first-order chi connectivity index (χ1) is 8.88. The van der Waals surface area contributed by atoms with Gasteiger partial charge in [-0.05, 0) is 30.9 Å². The van der Waals surface area contributed by atoms with E-state index in [0.29, 0.717) is 17.6 Å². The van der Waals surface area contributed by atoms with Gasteiger partial charge in [0, 0.05) is 12.3 Å². The predicted octanol–water partition coefficient (Wildman–Crippen LogP) is 2.66. The maximum Gasteiger partial charge on any atom is 0.177 e. The number of rotatable bonds is 3. The summed E-state index contributed by atoms with van der Waals surface area (Å²) >= 11 is 0. The summed E-state index contributed by atoms with van der Waals surface area (Å²) in [5.74, 6) is 0.713. The summed E-state index contributed by atoms with van der Waals surface area (Å²) in [6.07, 6.45) is 5.90. The van der Waals surface area contributed by atoms with E-state index in [9.17, 15) is 8.42 Å². The van der Waals surface area contributed by atoms with Crippen LogP contribution in [0.4, 0.5) is 11.4 Å². The van der Waals surface area contributed by atoms with Gasteiger partial charge < -0.3 is 11.1 Å². The molecule has 2 unspecified atom stereocenters. The van der Waals surface area contributed by atoms with E-state index < -0.39 is 9.84 Å². The first-order valence-corrected chi connectivity index (χ1v) is 8.62. The summed E-state index contributed by atoms with van der Waals surface area (Å²) in [5, 5.41) is 3.40. The van der Waals surface area contributed by atoms with Crippen molar-refractivity contribution in [3.8, 4) is 0 Å². The van der Waals surface area contributed by atoms with Gasteiger partial charge in [-0.1, -0.05) is 25.8 Å². The second kappa shape index (κ2) is 5.41. The van der Waals surface area contributed by atoms with Gasteiger partial charge in [0.1, 0.15) is 0 Å². The first kappa shape index (κ1) is 14.2. The molecular formula is C14H22N2O2S. The lowest BCUT2D eigenvalue weighted by Crippen LogP contribution is -2.26. The zero-order valence-corrected chi connectivity index (χ0v) is 12.3. The van der Waals surface area contributed by atoms with Crippen molar-refractivity contribution in [3.63, 3.8) is 0 Å². The van der Waals surface area contributed by atoms with Crippen LogP contribution in [0.15, 0.2) is 23.1 Å². The molecule has 0 radical (unpaired) electrons. The average molecular weight is 282 g/mol. The van der Waals surface area contributed by atoms with E-state index in [0.717, 1.165) is 18.5 Å². The van der Waals surface area contributed by atoms with Gasteiger partial charge in [0.25, 0.3) is 0 Å². The first-order valence-electron chi connectivity index (χ1n) is 6.73. The fourth-order valence-corrected chi connectivity index (χ4v) is 3.61. The van der Waals surface area contributed by atoms with E-state index in [4.69, 9.17) is 5.73 Å². The molecule has 4 nitrogen and oxygen atoms in total. The van der Waals surface area contributed by atoms with Crippen molar-refractivity contribution in [2.24, 2.45) is 5.92 Å². The minimum absolute atomic E-state index is 0.210. The van der Waals surface area contributed by atoms with Gasteiger partial charge in [-0.15, -0.1) is 0 Å². The number of anilines is 2. The molecule has 106 valence electrons. The lowest BCUT2D eigenvalue weighted by atomic mass is 9.87. The fourth-order valence-electron chi connectivity index (χ4n) is 2.78. The summed E-state index contributed by atoms with van der Waals surface area (Å²) in [6, 6.07) is 5.53. The molecule has 0 saturated heterocycles. The molecule has 0 spiro atoms. The molecule has 1 saturated carbocycles. The van der Waals surface area contributed by atoms with E-state index >= 15 is 0 Å². The van der Waals surface area contributed by atoms with Crippen LogP contribution in [0.2, 0.25) is 0 Å². The smallest absolute Gasteiger partial charge is 0.177 e. The van der Waals surface area contributed by atoms with Crippen molar-refractivity contribution >= 4 is 21.2 Å². The molecule has 3 N–H and O–H groups in total. The number of sulfone groups is 1. The molecule has 0 aromatic heterocycles. The van der Waals surface area contributed by atoms with Gasteiger partial charge in [0.05, 0.1) is 16.3 Å². The minimum atomic E-state index is -3.27. The fraction of sp³-hybridized carbons (Fsp3) is 0.571. The molecule has 1 aliphatic carbocycles. The zero-order chi connectivity index (χ0) is 14.0. The van der Waals surface area contributed by atoms with Crippen molar-refractivity contribution in [1.82, 2.24) is 0 Å². The highest BCUT2D eigenvalue weighted by Gasteiger charge is 2.20. The number of nitrogens with one attached hydrogen (secondary N) is 1. The van der Waals surface area contributed by atoms with Gasteiger partial charge in [-0.3, -0.25) is 0 Å². The Hall–Kier alpha value is -1.23. The molecule has 19 heavy (non-hydrogen) atoms. The highest BCUT2D eigenvalue weighted by atomic mass is 32.2. The Morgan fingerprint density at radius 1 is 1.32 bits per heavy atom. The van der Waals surface area contributed by atoms with Gasteiger partial charge in [-0.2, -0.15) is 0 Å². The Bertz CT molecular complexity index is 555. The molecule has 0 amide bonds. The summed E-state index contributed by atoms with van der Waals surface area (Å²) in [7, 11) is -3.27. The molecule has 2 rings (SSSR count). The van der Waals surface area contributed by atoms with Crippen LogP contribution in [-0.4, -0.2) is 20.7 Å². The number of hydrogen-bond acceptors (Lipinski definition) is 4. The van der Waals surface area contributed by atoms with Crippen molar-refractivity contribution < 1.29 is 8.42 Å². The summed E-state index contributed by atoms with van der Waals surface area (Å²) in [6.45, 7) is 2.25. The van der Waals surface area contributed by atoms with Gasteiger partial charge in [0.15, 0.2) is 9.84 Å². The van der Waals surface area contributed by atoms with Crippen LogP contribution < -0.4 is 11.1 Å². The van der Waals surface area contributed by atoms with Crippen LogP contribution in [0, 0.1) is 5.92 Å². The second-order valence-corrected chi connectivity index (χ2v) is 7.59. The largest absolute Gasteiger partial charge is 0.396 e. The van der Waals surface area contributed by atoms with Crippen LogP contribution in [0.25, 0.3) is 0 Å². The summed E-state index contributed by atoms with van der Waals surface area (Å²) in [4.78, 5) is 0.210. The zero-order valence-electron chi connectivity index (χ0n) is 11.5. The lowest BCUT2D eigenvalue weighted by molar-refractivity contribution is 0.359. The van der Waals surface area contributed by atoms with Crippen molar-refractivity contribution in [2.45, 2.75) is 43.5 Å². The molecule has 0 aliphatic heterocycles. The monoisotopic (exact) mass is 282 g/mol. The number of nitrogen functional groups attached to an aromatic ring is 1. The van der Waals surface area contributed by atoms with Crippen molar-refractivity contribution in [1.29, 1.82) is 0 Å². The Labute approximate surface area is 115 Å². The van der Waals surface area contributed by atoms with E-state index in [1.807, 2.05) is 6.07 Å². The number of nitrogens with two attached hydrogens (primary N) is 1. The normalized spacial score (nSPS) is 24.1. The molecule has 2 atom stereocenters. The summed E-state index contributed by atoms with van der Waals surface area (Å²) < 4.78 is 23.3. The highest BCUT2D eigenvalue weighted by Crippen LogP contribution is 2.31. The number of benzene rings is 1. The third-order valence-electron chi connectivity index (χ3n) is 3.76. The topological polar surface area (TPSA) is 72.2 Å². The van der Waals surface area contributed by atoms with Gasteiger partial charge in [-0.25, -0.2) is 8.42 Å². The Morgan fingerprint density at radius 2 is 2.05 bits per heavy atom. The Kier molecular flexibility index (Phi) is 4.04.